The molecule has 1 nitrogen and oxygen atoms in total. The van der Waals surface area contributed by atoms with Crippen molar-refractivity contribution in [3.05, 3.63) is 0 Å². The Hall–Kier alpha value is 1.21. The van der Waals surface area contributed by atoms with E-state index in [0.29, 0.717) is 0 Å². The van der Waals surface area contributed by atoms with Gasteiger partial charge in [-0.05, 0) is 11.6 Å². The van der Waals surface area contributed by atoms with Gasteiger partial charge in [0.1, 0.15) is 4.32 Å². The number of rotatable bonds is 3. The summed E-state index contributed by atoms with van der Waals surface area (Å²) in [6.07, 6.45) is 0. The van der Waals surface area contributed by atoms with Crippen molar-refractivity contribution < 1.29 is 4.79 Å². The molecule has 60 valence electrons. The van der Waals surface area contributed by atoms with Gasteiger partial charge in [0.2, 0.25) is 5.24 Å². The summed E-state index contributed by atoms with van der Waals surface area (Å²) in [7, 11) is 0. The molecule has 0 spiro atoms. The molecule has 0 radical (unpaired) electrons. The molecule has 0 saturated heterocycles. The highest BCUT2D eigenvalue weighted by atomic mass is 79.9. The monoisotopic (exact) mass is 310 g/mol. The summed E-state index contributed by atoms with van der Waals surface area (Å²) in [5, 5.41) is -0.480. The fourth-order valence-electron chi connectivity index (χ4n) is 0.315. The van der Waals surface area contributed by atoms with Crippen LogP contribution in [0, 0.1) is 0 Å². The van der Waals surface area contributed by atoms with Crippen LogP contribution in [0.1, 0.15) is 6.92 Å². The molecule has 0 N–H and O–H groups in total. The Morgan fingerprint density at radius 1 is 1.80 bits per heavy atom. The van der Waals surface area contributed by atoms with Gasteiger partial charge >= 0.3 is 0 Å². The largest absolute Gasteiger partial charge is 0.280 e. The zero-order valence-electron chi connectivity index (χ0n) is 5.20. The first-order chi connectivity index (χ1) is 4.45. The van der Waals surface area contributed by atoms with Gasteiger partial charge in [0.05, 0.1) is 0 Å². The number of hydrogen-bond donors (Lipinski definition) is 0. The van der Waals surface area contributed by atoms with Crippen molar-refractivity contribution in [1.82, 2.24) is 0 Å². The summed E-state index contributed by atoms with van der Waals surface area (Å²) in [4.78, 5) is 10.7. The summed E-state index contributed by atoms with van der Waals surface area (Å²) < 4.78 is -0.837. The normalized spacial score (nSPS) is 19.7. The van der Waals surface area contributed by atoms with Crippen LogP contribution in [0.3, 0.4) is 0 Å². The smallest absolute Gasteiger partial charge is 0.240 e. The zero-order valence-corrected chi connectivity index (χ0v) is 9.89. The molecule has 0 fully saturated rings. The van der Waals surface area contributed by atoms with Gasteiger partial charge < -0.3 is 0 Å². The molecule has 10 heavy (non-hydrogen) atoms. The average molecular weight is 313 g/mol. The topological polar surface area (TPSA) is 17.1 Å². The van der Waals surface area contributed by atoms with E-state index in [1.54, 1.807) is 6.92 Å². The predicted molar refractivity (Wildman–Crippen MR) is 51.6 cm³/mol. The van der Waals surface area contributed by atoms with Crippen molar-refractivity contribution in [2.45, 2.75) is 16.1 Å². The van der Waals surface area contributed by atoms with E-state index in [0.717, 1.165) is 0 Å². The molecule has 0 aromatic rings. The third-order valence-corrected chi connectivity index (χ3v) is 5.18. The van der Waals surface area contributed by atoms with Gasteiger partial charge in [0, 0.05) is 10.7 Å². The maximum atomic E-state index is 10.7. The van der Waals surface area contributed by atoms with Crippen LogP contribution in [0.25, 0.3) is 0 Å². The van der Waals surface area contributed by atoms with Crippen molar-refractivity contribution in [3.8, 4) is 0 Å². The molecule has 0 bridgehead atoms. The second-order valence-corrected chi connectivity index (χ2v) is 5.28. The lowest BCUT2D eigenvalue weighted by Crippen LogP contribution is -2.38. The molecule has 0 saturated carbocycles. The minimum Gasteiger partial charge on any atom is -0.280 e. The first-order valence-corrected chi connectivity index (χ1v) is 5.16. The Kier molecular flexibility index (Phi) is 4.81. The number of carbonyl (C=O) groups is 1. The highest BCUT2D eigenvalue weighted by molar-refractivity contribution is 9.13. The molecule has 5 heteroatoms. The van der Waals surface area contributed by atoms with Crippen LogP contribution in [0.15, 0.2) is 0 Å². The standard InChI is InChI=1S/C5H6Br2Cl2O/c1-3(6)5(7,2-8)4(9)10/h3H,2H2,1H3. The summed E-state index contributed by atoms with van der Waals surface area (Å²) >= 11 is 17.2. The lowest BCUT2D eigenvalue weighted by atomic mass is 10.1. The second-order valence-electron chi connectivity index (χ2n) is 1.89. The summed E-state index contributed by atoms with van der Waals surface area (Å²) in [5.41, 5.74) is 0. The van der Waals surface area contributed by atoms with Gasteiger partial charge in [-0.3, -0.25) is 4.79 Å². The van der Waals surface area contributed by atoms with Crippen molar-refractivity contribution in [2.24, 2.45) is 0 Å². The van der Waals surface area contributed by atoms with Gasteiger partial charge in [0.25, 0.3) is 0 Å². The zero-order chi connectivity index (χ0) is 8.36. The van der Waals surface area contributed by atoms with Crippen molar-refractivity contribution in [3.63, 3.8) is 0 Å². The molecular formula is C5H6Br2Cl2O. The van der Waals surface area contributed by atoms with Crippen molar-refractivity contribution in [1.29, 1.82) is 0 Å². The van der Waals surface area contributed by atoms with E-state index in [1.165, 1.54) is 0 Å². The summed E-state index contributed by atoms with van der Waals surface area (Å²) in [6.45, 7) is 1.80. The van der Waals surface area contributed by atoms with Gasteiger partial charge in [-0.1, -0.05) is 38.8 Å². The summed E-state index contributed by atoms with van der Waals surface area (Å²) in [5.74, 6) is 0.155. The molecule has 0 aliphatic carbocycles. The van der Waals surface area contributed by atoms with Crippen molar-refractivity contribution >= 4 is 60.3 Å². The van der Waals surface area contributed by atoms with Gasteiger partial charge in [0.15, 0.2) is 0 Å². The van der Waals surface area contributed by atoms with E-state index in [1.807, 2.05) is 0 Å². The van der Waals surface area contributed by atoms with Crippen LogP contribution in [0.4, 0.5) is 0 Å². The molecule has 0 heterocycles. The number of halogens is 4. The third-order valence-electron chi connectivity index (χ3n) is 1.15. The van der Waals surface area contributed by atoms with E-state index in [2.05, 4.69) is 31.9 Å². The van der Waals surface area contributed by atoms with Crippen LogP contribution < -0.4 is 0 Å². The van der Waals surface area contributed by atoms with Gasteiger partial charge in [-0.15, -0.1) is 11.6 Å². The number of carbonyl (C=O) groups excluding carboxylic acids is 1. The van der Waals surface area contributed by atoms with Crippen molar-refractivity contribution in [2.75, 3.05) is 5.88 Å². The quantitative estimate of drug-likeness (QED) is 0.578. The van der Waals surface area contributed by atoms with E-state index < -0.39 is 9.57 Å². The SMILES string of the molecule is CC(Br)C(Br)(CCl)C(=O)Cl. The van der Waals surface area contributed by atoms with Gasteiger partial charge in [-0.25, -0.2) is 0 Å². The second kappa shape index (κ2) is 4.29. The Balaban J connectivity index is 4.38. The first-order valence-electron chi connectivity index (χ1n) is 2.54. The Morgan fingerprint density at radius 2 is 2.20 bits per heavy atom. The maximum Gasteiger partial charge on any atom is 0.240 e. The molecule has 0 aliphatic rings. The van der Waals surface area contributed by atoms with Crippen LogP contribution in [0.2, 0.25) is 0 Å². The lowest BCUT2D eigenvalue weighted by Gasteiger charge is -2.22. The molecule has 2 unspecified atom stereocenters. The highest BCUT2D eigenvalue weighted by Gasteiger charge is 2.37. The fraction of sp³-hybridized carbons (Fsp3) is 0.800. The predicted octanol–water partition coefficient (Wildman–Crippen LogP) is 2.91. The molecule has 0 aromatic carbocycles. The number of hydrogen-bond acceptors (Lipinski definition) is 1. The highest BCUT2D eigenvalue weighted by Crippen LogP contribution is 2.31. The minimum absolute atomic E-state index is 0.0810. The fourth-order valence-corrected chi connectivity index (χ4v) is 1.65. The molecule has 0 rings (SSSR count). The molecule has 0 amide bonds. The molecule has 0 aromatic heterocycles. The maximum absolute atomic E-state index is 10.7. The van der Waals surface area contributed by atoms with Crippen LogP contribution in [-0.4, -0.2) is 20.3 Å². The lowest BCUT2D eigenvalue weighted by molar-refractivity contribution is -0.113. The average Bonchev–Trinajstić information content (AvgIpc) is 1.85. The third kappa shape index (κ3) is 2.36. The van der Waals surface area contributed by atoms with E-state index in [-0.39, 0.29) is 10.7 Å². The number of alkyl halides is 3. The van der Waals surface area contributed by atoms with E-state index in [4.69, 9.17) is 23.2 Å². The van der Waals surface area contributed by atoms with Crippen LogP contribution in [0.5, 0.6) is 0 Å². The van der Waals surface area contributed by atoms with Crippen LogP contribution in [-0.2, 0) is 4.79 Å². The van der Waals surface area contributed by atoms with Gasteiger partial charge in [-0.2, -0.15) is 0 Å². The van der Waals surface area contributed by atoms with E-state index >= 15 is 0 Å². The molecular weight excluding hydrogens is 307 g/mol. The Morgan fingerprint density at radius 3 is 2.20 bits per heavy atom. The minimum atomic E-state index is -0.837. The first kappa shape index (κ1) is 11.2. The van der Waals surface area contributed by atoms with Crippen LogP contribution >= 0.6 is 55.1 Å². The molecule has 0 aliphatic heterocycles. The molecule has 2 atom stereocenters. The Labute approximate surface area is 86.7 Å². The Bertz CT molecular complexity index is 140. The summed E-state index contributed by atoms with van der Waals surface area (Å²) in [6, 6.07) is 0. The van der Waals surface area contributed by atoms with E-state index in [9.17, 15) is 4.79 Å².